The third-order valence-electron chi connectivity index (χ3n) is 2.43. The van der Waals surface area contributed by atoms with Gasteiger partial charge >= 0.3 is 0 Å². The molecule has 1 atom stereocenters. The number of nitrogens with zero attached hydrogens (tertiary/aromatic N) is 2. The Balaban J connectivity index is 1.70. The molecule has 1 N–H and O–H groups in total. The van der Waals surface area contributed by atoms with Crippen molar-refractivity contribution in [3.8, 4) is 0 Å². The van der Waals surface area contributed by atoms with Crippen molar-refractivity contribution in [2.75, 3.05) is 12.3 Å². The third-order valence-corrected chi connectivity index (χ3v) is 3.83. The Hall–Kier alpha value is -0.550. The molecule has 0 bridgehead atoms. The fourth-order valence-electron chi connectivity index (χ4n) is 1.57. The first-order valence-corrected chi connectivity index (χ1v) is 6.01. The number of nitrogens with one attached hydrogen (secondary N) is 1. The maximum Gasteiger partial charge on any atom is 0.121 e. The van der Waals surface area contributed by atoms with E-state index in [0.717, 1.165) is 29.7 Å². The van der Waals surface area contributed by atoms with Crippen molar-refractivity contribution >= 4 is 11.8 Å². The van der Waals surface area contributed by atoms with Gasteiger partial charge in [0.05, 0.1) is 0 Å². The van der Waals surface area contributed by atoms with Gasteiger partial charge in [-0.3, -0.25) is 0 Å². The molecule has 0 spiro atoms. The van der Waals surface area contributed by atoms with Crippen LogP contribution in [0.25, 0.3) is 0 Å². The molecule has 1 saturated heterocycles. The van der Waals surface area contributed by atoms with Crippen LogP contribution in [0.5, 0.6) is 0 Å². The smallest absolute Gasteiger partial charge is 0.121 e. The summed E-state index contributed by atoms with van der Waals surface area (Å²) >= 11 is 2.06. The molecule has 1 unspecified atom stereocenters. The normalized spacial score (nSPS) is 21.6. The average Bonchev–Trinajstić information content (AvgIpc) is 2.78. The van der Waals surface area contributed by atoms with Gasteiger partial charge in [-0.15, -0.1) is 0 Å². The molecule has 78 valence electrons. The first-order valence-electron chi connectivity index (χ1n) is 4.96. The van der Waals surface area contributed by atoms with Gasteiger partial charge in [0.25, 0.3) is 0 Å². The highest BCUT2D eigenvalue weighted by molar-refractivity contribution is 8.00. The number of hydrogen-bond donors (Lipinski definition) is 1. The third kappa shape index (κ3) is 2.48. The molecule has 1 aromatic rings. The van der Waals surface area contributed by atoms with E-state index in [2.05, 4.69) is 32.0 Å². The van der Waals surface area contributed by atoms with Crippen molar-refractivity contribution in [2.45, 2.75) is 31.6 Å². The molecule has 1 aromatic heterocycles. The molecule has 1 aliphatic rings. The molecular weight excluding hydrogens is 198 g/mol. The van der Waals surface area contributed by atoms with E-state index in [9.17, 15) is 0 Å². The molecule has 1 aliphatic heterocycles. The van der Waals surface area contributed by atoms with Crippen molar-refractivity contribution in [2.24, 2.45) is 0 Å². The summed E-state index contributed by atoms with van der Waals surface area (Å²) in [5.74, 6) is 1.32. The van der Waals surface area contributed by atoms with Crippen LogP contribution in [0.1, 0.15) is 24.2 Å². The topological polar surface area (TPSA) is 51.0 Å². The lowest BCUT2D eigenvalue weighted by molar-refractivity contribution is 0.300. The lowest BCUT2D eigenvalue weighted by Gasteiger charge is -2.08. The van der Waals surface area contributed by atoms with Gasteiger partial charge in [0, 0.05) is 18.3 Å². The summed E-state index contributed by atoms with van der Waals surface area (Å²) in [5.41, 5.74) is 1.81. The second-order valence-electron chi connectivity index (χ2n) is 3.56. The molecule has 0 saturated carbocycles. The average molecular weight is 213 g/mol. The molecule has 0 aromatic carbocycles. The zero-order valence-electron chi connectivity index (χ0n) is 8.32. The van der Waals surface area contributed by atoms with Crippen molar-refractivity contribution < 1.29 is 4.63 Å². The summed E-state index contributed by atoms with van der Waals surface area (Å²) in [6.45, 7) is 3.75. The molecule has 14 heavy (non-hydrogen) atoms. The van der Waals surface area contributed by atoms with Gasteiger partial charge in [-0.2, -0.15) is 11.8 Å². The zero-order chi connectivity index (χ0) is 9.80. The summed E-state index contributed by atoms with van der Waals surface area (Å²) in [6, 6.07) is 0. The molecule has 4 nitrogen and oxygen atoms in total. The number of hydrogen-bond acceptors (Lipinski definition) is 5. The minimum absolute atomic E-state index is 0.770. The highest BCUT2D eigenvalue weighted by Crippen LogP contribution is 2.25. The molecule has 1 fully saturated rings. The summed E-state index contributed by atoms with van der Waals surface area (Å²) < 4.78 is 4.62. The summed E-state index contributed by atoms with van der Waals surface area (Å²) in [4.78, 5) is 0. The number of rotatable bonds is 4. The van der Waals surface area contributed by atoms with E-state index in [0.29, 0.717) is 0 Å². The van der Waals surface area contributed by atoms with Crippen LogP contribution in [0.15, 0.2) is 4.63 Å². The SMILES string of the molecule is Cc1nonc1CNCC1CCCS1. The van der Waals surface area contributed by atoms with Gasteiger partial charge in [0.1, 0.15) is 11.4 Å². The molecular formula is C9H15N3OS. The fourth-order valence-corrected chi connectivity index (χ4v) is 2.80. The highest BCUT2D eigenvalue weighted by atomic mass is 32.2. The van der Waals surface area contributed by atoms with Gasteiger partial charge in [-0.25, -0.2) is 4.63 Å². The maximum atomic E-state index is 4.62. The lowest BCUT2D eigenvalue weighted by atomic mass is 10.2. The minimum Gasteiger partial charge on any atom is -0.310 e. The van der Waals surface area contributed by atoms with Gasteiger partial charge in [0.15, 0.2) is 0 Å². The van der Waals surface area contributed by atoms with Crippen LogP contribution >= 0.6 is 11.8 Å². The quantitative estimate of drug-likeness (QED) is 0.818. The predicted octanol–water partition coefficient (Wildman–Crippen LogP) is 1.36. The Morgan fingerprint density at radius 3 is 3.14 bits per heavy atom. The summed E-state index contributed by atoms with van der Waals surface area (Å²) in [6.07, 6.45) is 2.70. The second-order valence-corrected chi connectivity index (χ2v) is 4.97. The molecule has 0 amide bonds. The standard InChI is InChI=1S/C9H15N3OS/c1-7-9(12-13-11-7)6-10-5-8-3-2-4-14-8/h8,10H,2-6H2,1H3. The van der Waals surface area contributed by atoms with Crippen LogP contribution in [0.4, 0.5) is 0 Å². The Morgan fingerprint density at radius 2 is 2.50 bits per heavy atom. The molecule has 5 heteroatoms. The first kappa shape index (κ1) is 9.98. The van der Waals surface area contributed by atoms with Gasteiger partial charge < -0.3 is 5.32 Å². The van der Waals surface area contributed by atoms with E-state index in [1.54, 1.807) is 0 Å². The Bertz CT molecular complexity index is 283. The Kier molecular flexibility index (Phi) is 3.42. The van der Waals surface area contributed by atoms with Crippen LogP contribution in [0, 0.1) is 6.92 Å². The van der Waals surface area contributed by atoms with Crippen LogP contribution < -0.4 is 5.32 Å². The van der Waals surface area contributed by atoms with E-state index in [1.165, 1.54) is 18.6 Å². The zero-order valence-corrected chi connectivity index (χ0v) is 9.14. The monoisotopic (exact) mass is 213 g/mol. The summed E-state index contributed by atoms with van der Waals surface area (Å²) in [5, 5.41) is 11.7. The Labute approximate surface area is 87.8 Å². The van der Waals surface area contributed by atoms with E-state index >= 15 is 0 Å². The van der Waals surface area contributed by atoms with E-state index in [4.69, 9.17) is 0 Å². The molecule has 2 rings (SSSR count). The minimum atomic E-state index is 0.770. The fraction of sp³-hybridized carbons (Fsp3) is 0.778. The highest BCUT2D eigenvalue weighted by Gasteiger charge is 2.15. The maximum absolute atomic E-state index is 4.62. The molecule has 0 radical (unpaired) electrons. The number of aryl methyl sites for hydroxylation is 1. The van der Waals surface area contributed by atoms with E-state index in [1.807, 2.05) is 6.92 Å². The van der Waals surface area contributed by atoms with Gasteiger partial charge in [-0.05, 0) is 25.5 Å². The van der Waals surface area contributed by atoms with Crippen LogP contribution in [-0.2, 0) is 6.54 Å². The van der Waals surface area contributed by atoms with Crippen LogP contribution in [0.2, 0.25) is 0 Å². The van der Waals surface area contributed by atoms with E-state index in [-0.39, 0.29) is 0 Å². The number of thioether (sulfide) groups is 1. The Morgan fingerprint density at radius 1 is 1.57 bits per heavy atom. The van der Waals surface area contributed by atoms with Crippen molar-refractivity contribution in [3.05, 3.63) is 11.4 Å². The first-order chi connectivity index (χ1) is 6.86. The second kappa shape index (κ2) is 4.79. The van der Waals surface area contributed by atoms with E-state index < -0.39 is 0 Å². The van der Waals surface area contributed by atoms with Gasteiger partial charge in [-0.1, -0.05) is 10.3 Å². The van der Waals surface area contributed by atoms with Crippen molar-refractivity contribution in [1.82, 2.24) is 15.6 Å². The van der Waals surface area contributed by atoms with Crippen molar-refractivity contribution in [3.63, 3.8) is 0 Å². The summed E-state index contributed by atoms with van der Waals surface area (Å²) in [7, 11) is 0. The number of aromatic nitrogens is 2. The van der Waals surface area contributed by atoms with Crippen molar-refractivity contribution in [1.29, 1.82) is 0 Å². The molecule has 0 aliphatic carbocycles. The molecule has 2 heterocycles. The van der Waals surface area contributed by atoms with Gasteiger partial charge in [0.2, 0.25) is 0 Å². The lowest BCUT2D eigenvalue weighted by Crippen LogP contribution is -2.23. The van der Waals surface area contributed by atoms with Crippen LogP contribution in [-0.4, -0.2) is 27.9 Å². The largest absolute Gasteiger partial charge is 0.310 e. The van der Waals surface area contributed by atoms with Crippen LogP contribution in [0.3, 0.4) is 0 Å². The predicted molar refractivity (Wildman–Crippen MR) is 56.2 cm³/mol.